The van der Waals surface area contributed by atoms with E-state index in [-0.39, 0.29) is 5.63 Å². The number of fused-ring (bicyclic) bond motifs is 4. The van der Waals surface area contributed by atoms with Gasteiger partial charge < -0.3 is 9.15 Å². The van der Waals surface area contributed by atoms with E-state index < -0.39 is 0 Å². The maximum atomic E-state index is 11.7. The minimum Gasteiger partial charge on any atom is -0.438 e. The van der Waals surface area contributed by atoms with E-state index in [2.05, 4.69) is 16.9 Å². The minimum absolute atomic E-state index is 0.359. The molecule has 27 heavy (non-hydrogen) atoms. The molecule has 1 aromatic carbocycles. The first-order valence-corrected chi connectivity index (χ1v) is 9.88. The molecule has 0 fully saturated rings. The van der Waals surface area contributed by atoms with Crippen molar-refractivity contribution in [2.24, 2.45) is 5.92 Å². The van der Waals surface area contributed by atoms with Crippen molar-refractivity contribution in [1.82, 2.24) is 9.97 Å². The zero-order valence-electron chi connectivity index (χ0n) is 15.1. The molecule has 3 heterocycles. The monoisotopic (exact) mass is 378 g/mol. The van der Waals surface area contributed by atoms with Crippen molar-refractivity contribution < 1.29 is 9.15 Å². The van der Waals surface area contributed by atoms with Gasteiger partial charge in [0.05, 0.1) is 5.39 Å². The third-order valence-electron chi connectivity index (χ3n) is 5.19. The number of thiophene rings is 1. The van der Waals surface area contributed by atoms with Gasteiger partial charge in [-0.25, -0.2) is 14.8 Å². The maximum absolute atomic E-state index is 11.7. The Kier molecular flexibility index (Phi) is 3.75. The Bertz CT molecular complexity index is 1240. The number of benzene rings is 1. The van der Waals surface area contributed by atoms with E-state index in [1.165, 1.54) is 22.9 Å². The molecule has 0 unspecified atom stereocenters. The van der Waals surface area contributed by atoms with Gasteiger partial charge in [-0.15, -0.1) is 11.3 Å². The first kappa shape index (κ1) is 16.4. The van der Waals surface area contributed by atoms with Crippen LogP contribution in [0, 0.1) is 12.8 Å². The van der Waals surface area contributed by atoms with Crippen molar-refractivity contribution in [2.75, 3.05) is 0 Å². The summed E-state index contributed by atoms with van der Waals surface area (Å²) in [5, 5.41) is 1.92. The summed E-state index contributed by atoms with van der Waals surface area (Å²) in [4.78, 5) is 22.9. The fourth-order valence-electron chi connectivity index (χ4n) is 3.80. The molecule has 0 aliphatic heterocycles. The van der Waals surface area contributed by atoms with Crippen LogP contribution in [0.4, 0.5) is 0 Å². The highest BCUT2D eigenvalue weighted by Crippen LogP contribution is 2.41. The second-order valence-corrected chi connectivity index (χ2v) is 8.30. The van der Waals surface area contributed by atoms with E-state index in [0.29, 0.717) is 23.1 Å². The van der Waals surface area contributed by atoms with E-state index in [0.717, 1.165) is 34.0 Å². The highest BCUT2D eigenvalue weighted by molar-refractivity contribution is 7.18. The number of rotatable bonds is 2. The summed E-state index contributed by atoms with van der Waals surface area (Å²) < 4.78 is 11.5. The predicted octanol–water partition coefficient (Wildman–Crippen LogP) is 5.02. The van der Waals surface area contributed by atoms with E-state index in [9.17, 15) is 4.79 Å². The van der Waals surface area contributed by atoms with Crippen molar-refractivity contribution >= 4 is 32.5 Å². The normalized spacial score (nSPS) is 16.6. The average molecular weight is 378 g/mol. The lowest BCUT2D eigenvalue weighted by molar-refractivity contribution is 0.464. The number of hydrogen-bond donors (Lipinski definition) is 0. The molecule has 1 aliphatic carbocycles. The van der Waals surface area contributed by atoms with E-state index >= 15 is 0 Å². The Morgan fingerprint density at radius 2 is 2.15 bits per heavy atom. The van der Waals surface area contributed by atoms with Crippen LogP contribution in [0.1, 0.15) is 29.3 Å². The Balaban J connectivity index is 1.61. The van der Waals surface area contributed by atoms with Crippen LogP contribution in [0.2, 0.25) is 0 Å². The third-order valence-corrected chi connectivity index (χ3v) is 6.36. The molecule has 4 aromatic rings. The Hall–Kier alpha value is -2.73. The lowest BCUT2D eigenvalue weighted by Crippen LogP contribution is -2.08. The van der Waals surface area contributed by atoms with Gasteiger partial charge in [0.15, 0.2) is 0 Å². The van der Waals surface area contributed by atoms with Gasteiger partial charge in [0, 0.05) is 22.4 Å². The second-order valence-electron chi connectivity index (χ2n) is 7.22. The molecule has 0 spiro atoms. The summed E-state index contributed by atoms with van der Waals surface area (Å²) in [5.74, 6) is 1.87. The number of aromatic nitrogens is 2. The predicted molar refractivity (Wildman–Crippen MR) is 106 cm³/mol. The molecule has 5 nitrogen and oxygen atoms in total. The number of ether oxygens (including phenoxy) is 1. The minimum atomic E-state index is -0.359. The summed E-state index contributed by atoms with van der Waals surface area (Å²) in [6.07, 6.45) is 4.85. The van der Waals surface area contributed by atoms with Crippen LogP contribution < -0.4 is 10.4 Å². The van der Waals surface area contributed by atoms with Crippen molar-refractivity contribution in [3.63, 3.8) is 0 Å². The molecule has 0 saturated carbocycles. The van der Waals surface area contributed by atoms with Crippen molar-refractivity contribution in [3.8, 4) is 11.6 Å². The average Bonchev–Trinajstić information content (AvgIpc) is 2.99. The van der Waals surface area contributed by atoms with E-state index in [1.54, 1.807) is 23.7 Å². The van der Waals surface area contributed by atoms with E-state index in [1.807, 2.05) is 19.1 Å². The summed E-state index contributed by atoms with van der Waals surface area (Å²) in [6.45, 7) is 4.19. The topological polar surface area (TPSA) is 65.2 Å². The Morgan fingerprint density at radius 3 is 3.04 bits per heavy atom. The quantitative estimate of drug-likeness (QED) is 0.458. The van der Waals surface area contributed by atoms with E-state index in [4.69, 9.17) is 9.15 Å². The van der Waals surface area contributed by atoms with Gasteiger partial charge in [0.2, 0.25) is 5.88 Å². The zero-order chi connectivity index (χ0) is 18.5. The van der Waals surface area contributed by atoms with Crippen LogP contribution in [0.3, 0.4) is 0 Å². The van der Waals surface area contributed by atoms with Crippen molar-refractivity contribution in [2.45, 2.75) is 33.1 Å². The third kappa shape index (κ3) is 2.80. The molecule has 1 aliphatic rings. The van der Waals surface area contributed by atoms with Crippen LogP contribution >= 0.6 is 11.3 Å². The molecule has 6 heteroatoms. The zero-order valence-corrected chi connectivity index (χ0v) is 15.9. The Labute approximate surface area is 159 Å². The standard InChI is InChI=1S/C21H18N2O3S/c1-11-3-5-15-17(7-11)27-21-19(15)20(22-10-23-21)25-13-4-6-14-12(2)8-18(24)26-16(14)9-13/h4,6,8-11H,3,5,7H2,1-2H3/t11-/m1/s1. The molecular weight excluding hydrogens is 360 g/mol. The summed E-state index contributed by atoms with van der Waals surface area (Å²) in [7, 11) is 0. The van der Waals surface area contributed by atoms with Gasteiger partial charge in [-0.2, -0.15) is 0 Å². The highest BCUT2D eigenvalue weighted by Gasteiger charge is 2.24. The van der Waals surface area contributed by atoms with Crippen LogP contribution in [0.25, 0.3) is 21.2 Å². The van der Waals surface area contributed by atoms with Crippen LogP contribution in [-0.4, -0.2) is 9.97 Å². The van der Waals surface area contributed by atoms with Gasteiger partial charge in [0.25, 0.3) is 0 Å². The molecule has 136 valence electrons. The summed E-state index contributed by atoms with van der Waals surface area (Å²) >= 11 is 1.74. The van der Waals surface area contributed by atoms with Gasteiger partial charge in [-0.1, -0.05) is 6.92 Å². The first-order chi connectivity index (χ1) is 13.1. The fraction of sp³-hybridized carbons (Fsp3) is 0.286. The van der Waals surface area contributed by atoms with Gasteiger partial charge >= 0.3 is 5.63 Å². The summed E-state index contributed by atoms with van der Waals surface area (Å²) in [6, 6.07) is 7.03. The Morgan fingerprint density at radius 1 is 1.26 bits per heavy atom. The lowest BCUT2D eigenvalue weighted by Gasteiger charge is -2.18. The number of aryl methyl sites for hydroxylation is 2. The molecular formula is C21H18N2O3S. The smallest absolute Gasteiger partial charge is 0.336 e. The molecule has 0 bridgehead atoms. The van der Waals surface area contributed by atoms with Crippen LogP contribution in [-0.2, 0) is 12.8 Å². The molecule has 0 radical (unpaired) electrons. The molecule has 1 atom stereocenters. The molecule has 5 rings (SSSR count). The van der Waals surface area contributed by atoms with Crippen molar-refractivity contribution in [3.05, 3.63) is 57.0 Å². The molecule has 0 amide bonds. The van der Waals surface area contributed by atoms with Crippen LogP contribution in [0.5, 0.6) is 11.6 Å². The van der Waals surface area contributed by atoms with Gasteiger partial charge in [0.1, 0.15) is 22.5 Å². The number of hydrogen-bond acceptors (Lipinski definition) is 6. The fourth-order valence-corrected chi connectivity index (χ4v) is 5.14. The van der Waals surface area contributed by atoms with Gasteiger partial charge in [-0.3, -0.25) is 0 Å². The lowest BCUT2D eigenvalue weighted by atomic mass is 9.89. The second kappa shape index (κ2) is 6.16. The van der Waals surface area contributed by atoms with Gasteiger partial charge in [-0.05, 0) is 55.4 Å². The SMILES string of the molecule is Cc1cc(=O)oc2cc(Oc3ncnc4sc5c(c34)CC[C@@H](C)C5)ccc12. The maximum Gasteiger partial charge on any atom is 0.336 e. The largest absolute Gasteiger partial charge is 0.438 e. The van der Waals surface area contributed by atoms with Crippen molar-refractivity contribution in [1.29, 1.82) is 0 Å². The molecule has 0 saturated heterocycles. The van der Waals surface area contributed by atoms with Crippen LogP contribution in [0.15, 0.2) is 39.8 Å². The molecule has 3 aromatic heterocycles. The first-order valence-electron chi connectivity index (χ1n) is 9.06. The highest BCUT2D eigenvalue weighted by atomic mass is 32.1. The number of nitrogens with zero attached hydrogens (tertiary/aromatic N) is 2. The summed E-state index contributed by atoms with van der Waals surface area (Å²) in [5.41, 5.74) is 2.37. The molecule has 0 N–H and O–H groups in total.